The average Bonchev–Trinajstić information content (AvgIpc) is 3.56. The molecule has 1 unspecified atom stereocenters. The summed E-state index contributed by atoms with van der Waals surface area (Å²) in [5, 5.41) is 21.8. The van der Waals surface area contributed by atoms with Crippen molar-refractivity contribution in [3.63, 3.8) is 0 Å². The number of nitrogens with two attached hydrogens (primary N) is 1. The second-order valence-corrected chi connectivity index (χ2v) is 10.5. The Morgan fingerprint density at radius 3 is 2.55 bits per heavy atom. The van der Waals surface area contributed by atoms with E-state index < -0.39 is 47.2 Å². The molecule has 1 atom stereocenters. The van der Waals surface area contributed by atoms with Crippen LogP contribution in [-0.2, 0) is 11.0 Å². The number of pyridine rings is 1. The summed E-state index contributed by atoms with van der Waals surface area (Å²) in [6, 6.07) is 0.947. The topological polar surface area (TPSA) is 177 Å². The average molecular weight is 607 g/mol. The lowest BCUT2D eigenvalue weighted by molar-refractivity contribution is -0.137. The van der Waals surface area contributed by atoms with E-state index in [9.17, 15) is 37.1 Å². The van der Waals surface area contributed by atoms with Gasteiger partial charge in [0.2, 0.25) is 5.91 Å². The molecule has 4 heterocycles. The predicted octanol–water partition coefficient (Wildman–Crippen LogP) is 4.08. The molecular weight excluding hydrogens is 584 g/mol. The Balaban J connectivity index is 1.43. The Labute approximate surface area is 237 Å². The van der Waals surface area contributed by atoms with Crippen LogP contribution in [0.5, 0.6) is 0 Å². The fraction of sp³-hybridized carbons (Fsp3) is 0.280. The number of halogens is 4. The second-order valence-electron chi connectivity index (χ2n) is 9.42. The van der Waals surface area contributed by atoms with Crippen molar-refractivity contribution >= 4 is 51.1 Å². The van der Waals surface area contributed by atoms with Crippen molar-refractivity contribution < 1.29 is 37.1 Å². The number of carboxylic acids is 1. The molecule has 5 rings (SSSR count). The first-order chi connectivity index (χ1) is 19.9. The molecule has 0 radical (unpaired) electrons. The number of anilines is 2. The fourth-order valence-corrected chi connectivity index (χ4v) is 5.51. The van der Waals surface area contributed by atoms with Gasteiger partial charge in [-0.25, -0.2) is 28.6 Å². The fourth-order valence-electron chi connectivity index (χ4n) is 4.74. The molecule has 0 bridgehead atoms. The Hall–Kier alpha value is -4.64. The molecule has 1 aliphatic rings. The van der Waals surface area contributed by atoms with Crippen molar-refractivity contribution in [3.05, 3.63) is 53.6 Å². The molecule has 0 aliphatic carbocycles. The lowest BCUT2D eigenvalue weighted by Crippen LogP contribution is -2.39. The van der Waals surface area contributed by atoms with Crippen LogP contribution in [0.4, 0.5) is 33.2 Å². The van der Waals surface area contributed by atoms with Gasteiger partial charge < -0.3 is 21.5 Å². The summed E-state index contributed by atoms with van der Waals surface area (Å²) in [7, 11) is 0. The highest BCUT2D eigenvalue weighted by atomic mass is 32.1. The predicted molar refractivity (Wildman–Crippen MR) is 143 cm³/mol. The van der Waals surface area contributed by atoms with Crippen LogP contribution >= 0.6 is 11.3 Å². The number of hydrogen-bond donors (Lipinski definition) is 5. The van der Waals surface area contributed by atoms with E-state index in [4.69, 9.17) is 5.73 Å². The van der Waals surface area contributed by atoms with Crippen LogP contribution in [0.25, 0.3) is 21.6 Å². The van der Waals surface area contributed by atoms with E-state index in [1.807, 2.05) is 5.32 Å². The maximum atomic E-state index is 14.0. The van der Waals surface area contributed by atoms with Gasteiger partial charge in [-0.3, -0.25) is 10.1 Å². The number of nitrogens with zero attached hydrogens (tertiary/aromatic N) is 4. The van der Waals surface area contributed by atoms with Crippen LogP contribution in [-0.4, -0.2) is 55.9 Å². The number of rotatable bonds is 7. The number of primary amides is 1. The number of thiazole rings is 1. The Bertz CT molecular complexity index is 1680. The van der Waals surface area contributed by atoms with Gasteiger partial charge in [-0.05, 0) is 56.1 Å². The normalized spacial score (nSPS) is 15.0. The Morgan fingerprint density at radius 2 is 1.88 bits per heavy atom. The zero-order chi connectivity index (χ0) is 30.2. The molecule has 220 valence electrons. The van der Waals surface area contributed by atoms with Gasteiger partial charge in [0.05, 0.1) is 39.0 Å². The highest BCUT2D eigenvalue weighted by Gasteiger charge is 2.33. The van der Waals surface area contributed by atoms with Crippen molar-refractivity contribution in [1.29, 1.82) is 0 Å². The summed E-state index contributed by atoms with van der Waals surface area (Å²) >= 11 is 0.875. The van der Waals surface area contributed by atoms with Crippen molar-refractivity contribution in [1.82, 2.24) is 25.1 Å². The standard InChI is InChI=1S/C25H22F4N8O4S/c26-15-2-1-12(25(27,28)29)7-16(15)35-23(41)36-24-32-10-18(42-24)17-8-13(22(39)40)14-9-33-37(21(14)34-17)19(20(30)38)11-3-5-31-6-4-11/h1-2,7-11,19,31H,3-6H2,(H2,30,38)(H,39,40)(H2,32,35,36,41). The van der Waals surface area contributed by atoms with Crippen molar-refractivity contribution in [2.75, 3.05) is 23.7 Å². The van der Waals surface area contributed by atoms with Crippen molar-refractivity contribution in [2.45, 2.75) is 25.1 Å². The number of hydrogen-bond acceptors (Lipinski definition) is 8. The largest absolute Gasteiger partial charge is 0.478 e. The van der Waals surface area contributed by atoms with Gasteiger partial charge in [-0.2, -0.15) is 18.3 Å². The quantitative estimate of drug-likeness (QED) is 0.195. The molecule has 0 saturated carbocycles. The number of urea groups is 1. The van der Waals surface area contributed by atoms with Crippen molar-refractivity contribution in [3.8, 4) is 10.6 Å². The van der Waals surface area contributed by atoms with E-state index >= 15 is 0 Å². The zero-order valence-electron chi connectivity index (χ0n) is 21.4. The number of fused-ring (bicyclic) bond motifs is 1. The van der Waals surface area contributed by atoms with Gasteiger partial charge in [0.25, 0.3) is 0 Å². The highest BCUT2D eigenvalue weighted by molar-refractivity contribution is 7.19. The van der Waals surface area contributed by atoms with Crippen LogP contribution in [0.1, 0.15) is 34.8 Å². The molecule has 4 aromatic rings. The van der Waals surface area contributed by atoms with E-state index in [1.165, 1.54) is 23.1 Å². The third-order valence-corrected chi connectivity index (χ3v) is 7.64. The number of amides is 3. The van der Waals surface area contributed by atoms with E-state index in [-0.39, 0.29) is 33.3 Å². The lowest BCUT2D eigenvalue weighted by Gasteiger charge is -2.29. The molecule has 1 aromatic carbocycles. The summed E-state index contributed by atoms with van der Waals surface area (Å²) < 4.78 is 54.3. The Kier molecular flexibility index (Phi) is 7.79. The highest BCUT2D eigenvalue weighted by Crippen LogP contribution is 2.35. The van der Waals surface area contributed by atoms with E-state index in [0.29, 0.717) is 49.0 Å². The zero-order valence-corrected chi connectivity index (χ0v) is 22.2. The molecule has 42 heavy (non-hydrogen) atoms. The second kappa shape index (κ2) is 11.3. The van der Waals surface area contributed by atoms with Gasteiger partial charge in [-0.1, -0.05) is 11.3 Å². The van der Waals surface area contributed by atoms with Crippen LogP contribution in [0.3, 0.4) is 0 Å². The number of benzene rings is 1. The molecule has 12 nitrogen and oxygen atoms in total. The molecule has 1 aliphatic heterocycles. The molecule has 3 aromatic heterocycles. The summed E-state index contributed by atoms with van der Waals surface area (Å²) in [6.07, 6.45) is -0.838. The number of carboxylic acid groups (broad SMARTS) is 1. The van der Waals surface area contributed by atoms with E-state index in [0.717, 1.165) is 11.3 Å². The minimum atomic E-state index is -4.74. The number of piperidine rings is 1. The van der Waals surface area contributed by atoms with Gasteiger partial charge in [0.15, 0.2) is 10.8 Å². The smallest absolute Gasteiger partial charge is 0.416 e. The van der Waals surface area contributed by atoms with Gasteiger partial charge in [-0.15, -0.1) is 0 Å². The third-order valence-electron chi connectivity index (χ3n) is 6.70. The monoisotopic (exact) mass is 606 g/mol. The molecule has 1 fully saturated rings. The number of alkyl halides is 3. The third kappa shape index (κ3) is 5.87. The van der Waals surface area contributed by atoms with Crippen LogP contribution < -0.4 is 21.7 Å². The number of carbonyl (C=O) groups is 3. The van der Waals surface area contributed by atoms with Crippen LogP contribution in [0.15, 0.2) is 36.7 Å². The number of nitrogens with one attached hydrogen (secondary N) is 3. The number of carbonyl (C=O) groups excluding carboxylic acids is 2. The summed E-state index contributed by atoms with van der Waals surface area (Å²) in [5.41, 5.74) is 4.02. The minimum Gasteiger partial charge on any atom is -0.478 e. The molecule has 0 spiro atoms. The number of aromatic nitrogens is 4. The first-order valence-corrected chi connectivity index (χ1v) is 13.3. The summed E-state index contributed by atoms with van der Waals surface area (Å²) in [6.45, 7) is 1.36. The molecule has 3 amide bonds. The summed E-state index contributed by atoms with van der Waals surface area (Å²) in [5.74, 6) is -3.13. The Morgan fingerprint density at radius 1 is 1.14 bits per heavy atom. The lowest BCUT2D eigenvalue weighted by atomic mass is 9.90. The SMILES string of the molecule is NC(=O)C(C1CCNCC1)n1ncc2c(C(=O)O)cc(-c3cnc(NC(=O)Nc4cc(C(F)(F)F)ccc4F)s3)nc21. The maximum Gasteiger partial charge on any atom is 0.416 e. The summed E-state index contributed by atoms with van der Waals surface area (Å²) in [4.78, 5) is 45.9. The maximum absolute atomic E-state index is 14.0. The molecular formula is C25H22F4N8O4S. The van der Waals surface area contributed by atoms with E-state index in [2.05, 4.69) is 25.7 Å². The van der Waals surface area contributed by atoms with Gasteiger partial charge in [0.1, 0.15) is 11.9 Å². The van der Waals surface area contributed by atoms with Gasteiger partial charge >= 0.3 is 18.2 Å². The first-order valence-electron chi connectivity index (χ1n) is 12.4. The van der Waals surface area contributed by atoms with E-state index in [1.54, 1.807) is 0 Å². The van der Waals surface area contributed by atoms with Crippen LogP contribution in [0, 0.1) is 11.7 Å². The minimum absolute atomic E-state index is 0.0353. The van der Waals surface area contributed by atoms with Crippen LogP contribution in [0.2, 0.25) is 0 Å². The molecule has 1 saturated heterocycles. The molecule has 17 heteroatoms. The van der Waals surface area contributed by atoms with Gasteiger partial charge in [0, 0.05) is 6.20 Å². The number of aromatic carboxylic acids is 1. The first kappa shape index (κ1) is 28.9. The molecule has 6 N–H and O–H groups in total. The van der Waals surface area contributed by atoms with Crippen molar-refractivity contribution in [2.24, 2.45) is 11.7 Å².